The number of ether oxygens (including phenoxy) is 2. The molecule has 0 atom stereocenters. The van der Waals surface area contributed by atoms with E-state index in [-0.39, 0.29) is 56.4 Å². The number of carbonyl (C=O) groups is 2. The Balaban J connectivity index is -0.000000456. The fraction of sp³-hybridized carbons (Fsp3) is 0.333. The first-order valence-corrected chi connectivity index (χ1v) is 19.1. The Hall–Kier alpha value is -8.19. The maximum Gasteiger partial charge on any atom is 2.00 e. The van der Waals surface area contributed by atoms with Crippen LogP contribution in [-0.2, 0) is 54.0 Å². The van der Waals surface area contributed by atoms with Gasteiger partial charge in [-0.2, -0.15) is 20.4 Å². The predicted molar refractivity (Wildman–Crippen MR) is 237 cm³/mol. The van der Waals surface area contributed by atoms with E-state index in [9.17, 15) is 9.59 Å². The molecule has 70 heavy (non-hydrogen) atoms. The third kappa shape index (κ3) is 30.9. The van der Waals surface area contributed by atoms with Gasteiger partial charge in [-0.3, -0.25) is 0 Å². The molecule has 6 aromatic rings. The van der Waals surface area contributed by atoms with Gasteiger partial charge in [-0.1, -0.05) is 52.4 Å². The van der Waals surface area contributed by atoms with Crippen LogP contribution in [-0.4, -0.2) is 94.6 Å². The summed E-state index contributed by atoms with van der Waals surface area (Å²) in [5.41, 5.74) is 0.864. The van der Waals surface area contributed by atoms with Crippen molar-refractivity contribution >= 4 is 11.9 Å². The molecule has 2 radical (unpaired) electrons. The zero-order valence-corrected chi connectivity index (χ0v) is 39.0. The largest absolute Gasteiger partial charge is 2.00 e. The predicted octanol–water partition coefficient (Wildman–Crippen LogP) is 3.58. The number of hydrogen-bond acceptors (Lipinski definition) is 22. The first-order valence-electron chi connectivity index (χ1n) is 19.1. The topological polar surface area (TPSA) is 480 Å². The number of carbonyl (C=O) groups excluding carboxylic acids is 2. The van der Waals surface area contributed by atoms with E-state index in [1.54, 1.807) is 117 Å². The summed E-state index contributed by atoms with van der Waals surface area (Å²) in [6, 6.07) is 13.9. The van der Waals surface area contributed by atoms with Crippen molar-refractivity contribution in [3.63, 3.8) is 0 Å². The third-order valence-electron chi connectivity index (χ3n) is 7.49. The van der Waals surface area contributed by atoms with E-state index in [4.69, 9.17) is 70.8 Å². The summed E-state index contributed by atoms with van der Waals surface area (Å²) in [4.78, 5) is 66.9. The summed E-state index contributed by atoms with van der Waals surface area (Å²) < 4.78 is 17.2. The van der Waals surface area contributed by atoms with Gasteiger partial charge in [0.25, 0.3) is 0 Å². The molecule has 0 amide bonds. The second kappa shape index (κ2) is 39.9. The van der Waals surface area contributed by atoms with Gasteiger partial charge in [-0.25, -0.2) is 38.3 Å². The van der Waals surface area contributed by atoms with Crippen LogP contribution in [0.25, 0.3) is 23.3 Å². The average molecular weight is 1080 g/mol. The average Bonchev–Trinajstić information content (AvgIpc) is 4.11. The number of esters is 2. The van der Waals surface area contributed by atoms with Crippen LogP contribution in [0.3, 0.4) is 0 Å². The number of rotatable bonds is 16. The van der Waals surface area contributed by atoms with E-state index >= 15 is 0 Å². The molecule has 0 bridgehead atoms. The zero-order valence-electron chi connectivity index (χ0n) is 36.9. The number of unbranched alkanes of at least 4 members (excludes halogenated alkanes) is 6. The molecule has 0 aromatic carbocycles. The van der Waals surface area contributed by atoms with E-state index < -0.39 is 20.3 Å². The molecule has 0 aliphatic carbocycles. The quantitative estimate of drug-likeness (QED) is 0.0439. The molecule has 0 fully saturated rings. The Kier molecular flexibility index (Phi) is 39.0. The Morgan fingerprint density at radius 1 is 0.457 bits per heavy atom. The van der Waals surface area contributed by atoms with Crippen molar-refractivity contribution in [3.8, 4) is 23.3 Å². The molecule has 6 heterocycles. The van der Waals surface area contributed by atoms with Crippen LogP contribution < -0.4 is 0 Å². The molecule has 34 heteroatoms. The normalized spacial score (nSPS) is 9.06. The Labute approximate surface area is 415 Å². The minimum absolute atomic E-state index is 0. The standard InChI is InChI=1S/2C18H21N5O2.2Co.4NO3.2H2O/c2*1-2-3-4-5-12-25-18(24)15-13-16(22-10-6-8-19-22)21-17(14-15)23-11-7-9-20-23;;;4*2-1(3)4;;/h2*6-11,13-14H,2-5,12H2,1H3;;;;;;;2*1H2/q;;2*+2;4*-1;;/p+2. The molecule has 0 unspecified atom stereocenters. The van der Waals surface area contributed by atoms with Crippen molar-refractivity contribution in [3.05, 3.63) is 171 Å². The molecule has 0 saturated carbocycles. The first-order chi connectivity index (χ1) is 31.5. The van der Waals surface area contributed by atoms with Gasteiger partial charge in [-0.05, 0) is 61.4 Å². The molecule has 32 nitrogen and oxygen atoms in total. The van der Waals surface area contributed by atoms with E-state index in [1.165, 1.54) is 0 Å². The van der Waals surface area contributed by atoms with Gasteiger partial charge in [0.15, 0.2) is 23.3 Å². The summed E-state index contributed by atoms with van der Waals surface area (Å²) in [6.45, 7) is 5.15. The van der Waals surface area contributed by atoms with Gasteiger partial charge < -0.3 is 81.7 Å². The summed E-state index contributed by atoms with van der Waals surface area (Å²) in [5, 5.41) is 75.7. The van der Waals surface area contributed by atoms with Crippen molar-refractivity contribution < 1.29 is 83.9 Å². The molecule has 6 N–H and O–H groups in total. The van der Waals surface area contributed by atoms with Crippen molar-refractivity contribution in [2.45, 2.75) is 65.2 Å². The number of aromatic nitrogens is 10. The maximum absolute atomic E-state index is 12.4. The van der Waals surface area contributed by atoms with Crippen molar-refractivity contribution in [1.82, 2.24) is 49.1 Å². The van der Waals surface area contributed by atoms with E-state index in [0.717, 1.165) is 51.4 Å². The Morgan fingerprint density at radius 2 is 0.686 bits per heavy atom. The van der Waals surface area contributed by atoms with Gasteiger partial charge in [0.05, 0.1) is 44.7 Å². The first kappa shape index (κ1) is 68.4. The van der Waals surface area contributed by atoms with Gasteiger partial charge in [0, 0.05) is 49.6 Å². The van der Waals surface area contributed by atoms with Crippen LogP contribution in [0.1, 0.15) is 85.9 Å². The van der Waals surface area contributed by atoms with Crippen LogP contribution in [0.5, 0.6) is 0 Å². The van der Waals surface area contributed by atoms with Crippen molar-refractivity contribution in [2.75, 3.05) is 13.2 Å². The van der Waals surface area contributed by atoms with Crippen LogP contribution in [0, 0.1) is 61.3 Å². The van der Waals surface area contributed by atoms with Gasteiger partial charge in [0.1, 0.15) is 0 Å². The second-order valence-electron chi connectivity index (χ2n) is 12.2. The molecular formula is C36H48Co2N14O18+2. The third-order valence-corrected chi connectivity index (χ3v) is 7.49. The monoisotopic (exact) mass is 1080 g/mol. The number of nitrogens with zero attached hydrogens (tertiary/aromatic N) is 14. The summed E-state index contributed by atoms with van der Waals surface area (Å²) in [6.07, 6.45) is 22.2. The molecule has 0 aliphatic rings. The molecule has 0 saturated heterocycles. The molecule has 0 aliphatic heterocycles. The van der Waals surface area contributed by atoms with Gasteiger partial charge >= 0.3 is 45.5 Å². The fourth-order valence-corrected chi connectivity index (χ4v) is 4.88. The summed E-state index contributed by atoms with van der Waals surface area (Å²) in [7, 11) is 0. The molecule has 6 rings (SSSR count). The Morgan fingerprint density at radius 3 is 0.871 bits per heavy atom. The SMILES string of the molecule is CCCCCCOC(=O)c1cc(-n2cccn2)nc(-n2cccn2)c1.CCCCCCOC(=O)c1cc(-n2cccn2)nc(-n2cccn2)c1.O=[N+]([O-])[O-].O=[N+]([O-])[O-].O=[N+]([O-])[O-].O=[N+]([O-])[O-].[Co+2].[Co+2].[OH3+].[OH3+]. The van der Waals surface area contributed by atoms with Crippen molar-refractivity contribution in [2.24, 2.45) is 0 Å². The maximum atomic E-state index is 12.4. The van der Waals surface area contributed by atoms with E-state index in [2.05, 4.69) is 44.2 Å². The van der Waals surface area contributed by atoms with Crippen molar-refractivity contribution in [1.29, 1.82) is 0 Å². The summed E-state index contributed by atoms with van der Waals surface area (Å²) in [5.74, 6) is 1.43. The van der Waals surface area contributed by atoms with E-state index in [0.29, 0.717) is 47.6 Å². The van der Waals surface area contributed by atoms with Crippen LogP contribution in [0.4, 0.5) is 0 Å². The summed E-state index contributed by atoms with van der Waals surface area (Å²) >= 11 is 0. The van der Waals surface area contributed by atoms with Crippen LogP contribution in [0.2, 0.25) is 0 Å². The fourth-order valence-electron chi connectivity index (χ4n) is 4.88. The smallest absolute Gasteiger partial charge is 0.462 e. The minimum Gasteiger partial charge on any atom is -0.462 e. The molecule has 386 valence electrons. The minimum atomic E-state index is -1.75. The van der Waals surface area contributed by atoms with Gasteiger partial charge in [0.2, 0.25) is 0 Å². The van der Waals surface area contributed by atoms with Crippen LogP contribution in [0.15, 0.2) is 98.1 Å². The second-order valence-corrected chi connectivity index (χ2v) is 12.2. The van der Waals surface area contributed by atoms with Gasteiger partial charge in [-0.15, -0.1) is 0 Å². The molecule has 6 aromatic heterocycles. The molecule has 0 spiro atoms. The van der Waals surface area contributed by atoms with Crippen LogP contribution >= 0.6 is 0 Å². The zero-order chi connectivity index (χ0) is 49.3. The Bertz CT molecular complexity index is 2020. The number of hydrogen-bond donors (Lipinski definition) is 0. The van der Waals surface area contributed by atoms with E-state index in [1.807, 2.05) is 0 Å². The number of pyridine rings is 2. The molecular weight excluding hydrogens is 1030 g/mol.